The van der Waals surface area contributed by atoms with Crippen molar-refractivity contribution in [3.05, 3.63) is 72.0 Å². The molecule has 0 fully saturated rings. The number of carbonyl (C=O) groups is 1. The van der Waals surface area contributed by atoms with Gasteiger partial charge < -0.3 is 10.2 Å². The van der Waals surface area contributed by atoms with Crippen molar-refractivity contribution in [2.75, 3.05) is 13.1 Å². The first-order chi connectivity index (χ1) is 13.1. The van der Waals surface area contributed by atoms with Gasteiger partial charge in [-0.3, -0.25) is 4.79 Å². The Morgan fingerprint density at radius 2 is 1.93 bits per heavy atom. The largest absolute Gasteiger partial charge is 0.369 e. The highest BCUT2D eigenvalue weighted by Crippen LogP contribution is 2.26. The maximum Gasteiger partial charge on any atom is 0.263 e. The molecule has 2 rings (SSSR count). The molecule has 0 saturated carbocycles. The Morgan fingerprint density at radius 3 is 2.52 bits per heavy atom. The summed E-state index contributed by atoms with van der Waals surface area (Å²) < 4.78 is 0. The summed E-state index contributed by atoms with van der Waals surface area (Å²) in [5, 5.41) is 12.5. The molecule has 4 nitrogen and oxygen atoms in total. The Morgan fingerprint density at radius 1 is 1.26 bits per heavy atom. The summed E-state index contributed by atoms with van der Waals surface area (Å²) in [7, 11) is 0. The number of nitriles is 1. The summed E-state index contributed by atoms with van der Waals surface area (Å²) in [6.45, 7) is 10.6. The van der Waals surface area contributed by atoms with E-state index in [1.54, 1.807) is 18.4 Å². The van der Waals surface area contributed by atoms with Gasteiger partial charge in [0.25, 0.3) is 5.91 Å². The lowest BCUT2D eigenvalue weighted by atomic mass is 9.88. The first-order valence-corrected chi connectivity index (χ1v) is 9.63. The molecule has 1 aromatic carbocycles. The summed E-state index contributed by atoms with van der Waals surface area (Å²) in [4.78, 5) is 14.5. The van der Waals surface area contributed by atoms with Crippen LogP contribution in [0.3, 0.4) is 0 Å². The van der Waals surface area contributed by atoms with E-state index in [4.69, 9.17) is 0 Å². The second kappa shape index (κ2) is 10.4. The van der Waals surface area contributed by atoms with Crippen molar-refractivity contribution in [3.8, 4) is 6.07 Å². The molecule has 142 valence electrons. The van der Waals surface area contributed by atoms with Gasteiger partial charge in [0.15, 0.2) is 0 Å². The lowest BCUT2D eigenvalue weighted by Crippen LogP contribution is -2.30. The van der Waals surface area contributed by atoms with Crippen LogP contribution in [0.5, 0.6) is 0 Å². The third kappa shape index (κ3) is 5.59. The molecule has 1 aromatic rings. The van der Waals surface area contributed by atoms with Crippen LogP contribution in [0.2, 0.25) is 0 Å². The molecule has 1 aliphatic carbocycles. The smallest absolute Gasteiger partial charge is 0.263 e. The predicted octanol–water partition coefficient (Wildman–Crippen LogP) is 4.21. The predicted molar refractivity (Wildman–Crippen MR) is 110 cm³/mol. The number of hydrogen-bond donors (Lipinski definition) is 1. The van der Waals surface area contributed by atoms with E-state index in [-0.39, 0.29) is 17.5 Å². The van der Waals surface area contributed by atoms with Crippen molar-refractivity contribution in [3.63, 3.8) is 0 Å². The van der Waals surface area contributed by atoms with Gasteiger partial charge in [-0.05, 0) is 48.8 Å². The zero-order valence-electron chi connectivity index (χ0n) is 16.2. The standard InChI is InChI=1S/C23H29N3O/c1-4-13-26(14-5-2)17-21(16-24)23(27)25-22(6-3)20-12-11-18-9-7-8-10-19(18)15-20/h4-5,11-12,15,17,22H,1-2,6-10,13-14H2,3H3,(H,25,27)/b21-17-. The number of aryl methyl sites for hydroxylation is 2. The second-order valence-electron chi connectivity index (χ2n) is 6.86. The summed E-state index contributed by atoms with van der Waals surface area (Å²) in [6.07, 6.45) is 10.5. The van der Waals surface area contributed by atoms with Crippen molar-refractivity contribution >= 4 is 5.91 Å². The van der Waals surface area contributed by atoms with E-state index in [9.17, 15) is 10.1 Å². The number of nitrogens with one attached hydrogen (secondary N) is 1. The second-order valence-corrected chi connectivity index (χ2v) is 6.86. The Labute approximate surface area is 162 Å². The third-order valence-electron chi connectivity index (χ3n) is 4.89. The number of fused-ring (bicyclic) bond motifs is 1. The molecule has 1 aliphatic rings. The quantitative estimate of drug-likeness (QED) is 0.406. The van der Waals surface area contributed by atoms with Crippen LogP contribution in [0.25, 0.3) is 0 Å². The number of rotatable bonds is 9. The molecule has 0 spiro atoms. The van der Waals surface area contributed by atoms with Gasteiger partial charge in [-0.2, -0.15) is 5.26 Å². The Kier molecular flexibility index (Phi) is 7.88. The summed E-state index contributed by atoms with van der Waals surface area (Å²) in [6, 6.07) is 8.44. The lowest BCUT2D eigenvalue weighted by molar-refractivity contribution is -0.117. The van der Waals surface area contributed by atoms with Crippen LogP contribution in [0.15, 0.2) is 55.3 Å². The van der Waals surface area contributed by atoms with E-state index in [2.05, 4.69) is 36.7 Å². The molecule has 1 atom stereocenters. The number of hydrogen-bond acceptors (Lipinski definition) is 3. The van der Waals surface area contributed by atoms with E-state index in [0.29, 0.717) is 13.1 Å². The van der Waals surface area contributed by atoms with Crippen molar-refractivity contribution in [2.24, 2.45) is 0 Å². The van der Waals surface area contributed by atoms with Crippen LogP contribution in [-0.2, 0) is 17.6 Å². The number of carbonyl (C=O) groups excluding carboxylic acids is 1. The summed E-state index contributed by atoms with van der Waals surface area (Å²) in [5.74, 6) is -0.347. The SMILES string of the molecule is C=CCN(/C=C(/C#N)C(=O)NC(CC)c1ccc2c(c1)CCCC2)CC=C. The minimum absolute atomic E-state index is 0.0927. The molecule has 0 aliphatic heterocycles. The first kappa shape index (κ1) is 20.5. The average Bonchev–Trinajstić information content (AvgIpc) is 2.69. The molecule has 4 heteroatoms. The minimum atomic E-state index is -0.347. The van der Waals surface area contributed by atoms with E-state index in [1.165, 1.54) is 24.0 Å². The maximum absolute atomic E-state index is 12.7. The first-order valence-electron chi connectivity index (χ1n) is 9.63. The highest BCUT2D eigenvalue weighted by Gasteiger charge is 2.18. The topological polar surface area (TPSA) is 56.1 Å². The average molecular weight is 364 g/mol. The molecule has 0 heterocycles. The van der Waals surface area contributed by atoms with Crippen molar-refractivity contribution in [2.45, 2.75) is 45.1 Å². The van der Waals surface area contributed by atoms with Gasteiger partial charge in [-0.1, -0.05) is 37.3 Å². The summed E-state index contributed by atoms with van der Waals surface area (Å²) in [5.41, 5.74) is 4.02. The van der Waals surface area contributed by atoms with Gasteiger partial charge in [0.2, 0.25) is 0 Å². The van der Waals surface area contributed by atoms with Crippen LogP contribution in [0.1, 0.15) is 48.9 Å². The molecule has 1 amide bonds. The molecule has 0 aromatic heterocycles. The Balaban J connectivity index is 2.16. The Hall–Kier alpha value is -2.80. The van der Waals surface area contributed by atoms with Crippen LogP contribution in [-0.4, -0.2) is 23.9 Å². The fourth-order valence-electron chi connectivity index (χ4n) is 3.46. The van der Waals surface area contributed by atoms with Crippen molar-refractivity contribution in [1.29, 1.82) is 5.26 Å². The molecule has 0 bridgehead atoms. The van der Waals surface area contributed by atoms with Crippen LogP contribution in [0, 0.1) is 11.3 Å². The van der Waals surface area contributed by atoms with Gasteiger partial charge in [0.1, 0.15) is 11.6 Å². The summed E-state index contributed by atoms with van der Waals surface area (Å²) >= 11 is 0. The fraction of sp³-hybridized carbons (Fsp3) is 0.391. The molecule has 0 radical (unpaired) electrons. The third-order valence-corrected chi connectivity index (χ3v) is 4.89. The lowest BCUT2D eigenvalue weighted by Gasteiger charge is -2.22. The highest BCUT2D eigenvalue weighted by atomic mass is 16.1. The molecule has 0 saturated heterocycles. The Bertz CT molecular complexity index is 747. The van der Waals surface area contributed by atoms with Crippen LogP contribution >= 0.6 is 0 Å². The highest BCUT2D eigenvalue weighted by molar-refractivity contribution is 5.97. The van der Waals surface area contributed by atoms with Gasteiger partial charge in [0.05, 0.1) is 6.04 Å². The number of nitrogens with zero attached hydrogens (tertiary/aromatic N) is 2. The van der Waals surface area contributed by atoms with E-state index in [1.807, 2.05) is 17.9 Å². The van der Waals surface area contributed by atoms with Crippen LogP contribution < -0.4 is 5.32 Å². The monoisotopic (exact) mass is 363 g/mol. The number of benzene rings is 1. The molecular weight excluding hydrogens is 334 g/mol. The normalized spacial score (nSPS) is 14.4. The van der Waals surface area contributed by atoms with Gasteiger partial charge >= 0.3 is 0 Å². The van der Waals surface area contributed by atoms with Gasteiger partial charge in [-0.25, -0.2) is 0 Å². The van der Waals surface area contributed by atoms with Crippen LogP contribution in [0.4, 0.5) is 0 Å². The molecule has 1 unspecified atom stereocenters. The van der Waals surface area contributed by atoms with Gasteiger partial charge in [-0.15, -0.1) is 13.2 Å². The van der Waals surface area contributed by atoms with Crippen molar-refractivity contribution in [1.82, 2.24) is 10.2 Å². The maximum atomic E-state index is 12.7. The molecule has 27 heavy (non-hydrogen) atoms. The van der Waals surface area contributed by atoms with E-state index >= 15 is 0 Å². The molecule has 1 N–H and O–H groups in total. The minimum Gasteiger partial charge on any atom is -0.369 e. The fourth-order valence-corrected chi connectivity index (χ4v) is 3.46. The van der Waals surface area contributed by atoms with E-state index < -0.39 is 0 Å². The van der Waals surface area contributed by atoms with Crippen molar-refractivity contribution < 1.29 is 4.79 Å². The van der Waals surface area contributed by atoms with E-state index in [0.717, 1.165) is 24.8 Å². The zero-order chi connectivity index (χ0) is 19.6. The van der Waals surface area contributed by atoms with Gasteiger partial charge in [0, 0.05) is 19.3 Å². The zero-order valence-corrected chi connectivity index (χ0v) is 16.2. The molecular formula is C23H29N3O. The number of amides is 1.